The number of amides is 1. The molecule has 0 saturated carbocycles. The van der Waals surface area contributed by atoms with Gasteiger partial charge < -0.3 is 14.6 Å². The van der Waals surface area contributed by atoms with Gasteiger partial charge in [-0.2, -0.15) is 0 Å². The van der Waals surface area contributed by atoms with Gasteiger partial charge in [-0.05, 0) is 47.2 Å². The largest absolute Gasteiger partial charge is 0.507 e. The first-order valence-electron chi connectivity index (χ1n) is 12.0. The van der Waals surface area contributed by atoms with Crippen molar-refractivity contribution in [2.24, 2.45) is 0 Å². The maximum absolute atomic E-state index is 13.6. The molecule has 1 aliphatic heterocycles. The van der Waals surface area contributed by atoms with Crippen molar-refractivity contribution in [2.45, 2.75) is 39.2 Å². The summed E-state index contributed by atoms with van der Waals surface area (Å²) in [7, 11) is 2.86. The lowest BCUT2D eigenvalue weighted by molar-refractivity contribution is -0.132. The number of nitrogens with zero attached hydrogens (tertiary/aromatic N) is 1. The summed E-state index contributed by atoms with van der Waals surface area (Å²) in [6.07, 6.45) is 0. The summed E-state index contributed by atoms with van der Waals surface area (Å²) in [5.74, 6) is -1.51. The lowest BCUT2D eigenvalue weighted by atomic mass is 9.85. The first-order chi connectivity index (χ1) is 17.9. The van der Waals surface area contributed by atoms with Crippen molar-refractivity contribution < 1.29 is 24.2 Å². The number of anilines is 1. The summed E-state index contributed by atoms with van der Waals surface area (Å²) in [5, 5.41) is 12.3. The first-order valence-corrected chi connectivity index (χ1v) is 12.7. The molecular weight excluding hydrogens is 525 g/mol. The third-order valence-electron chi connectivity index (χ3n) is 6.76. The van der Waals surface area contributed by atoms with Crippen molar-refractivity contribution in [2.75, 3.05) is 19.1 Å². The van der Waals surface area contributed by atoms with E-state index in [2.05, 4.69) is 20.8 Å². The van der Waals surface area contributed by atoms with Gasteiger partial charge in [-0.15, -0.1) is 0 Å². The average molecular weight is 554 g/mol. The zero-order valence-corrected chi connectivity index (χ0v) is 23.6. The van der Waals surface area contributed by atoms with Crippen LogP contribution in [0.1, 0.15) is 49.1 Å². The Hall–Kier alpha value is -3.48. The van der Waals surface area contributed by atoms with Crippen molar-refractivity contribution in [1.29, 1.82) is 0 Å². The molecule has 1 unspecified atom stereocenters. The van der Waals surface area contributed by atoms with E-state index in [9.17, 15) is 14.7 Å². The smallest absolute Gasteiger partial charge is 0.300 e. The van der Waals surface area contributed by atoms with Crippen LogP contribution in [-0.4, -0.2) is 31.0 Å². The number of halogens is 2. The number of aliphatic hydroxyl groups is 1. The van der Waals surface area contributed by atoms with Gasteiger partial charge in [-0.1, -0.05) is 74.3 Å². The molecule has 1 heterocycles. The Bertz CT molecular complexity index is 1450. The minimum absolute atomic E-state index is 0.0828. The predicted octanol–water partition coefficient (Wildman–Crippen LogP) is 7.24. The molecule has 4 rings (SSSR count). The highest BCUT2D eigenvalue weighted by molar-refractivity contribution is 6.52. The Labute approximate surface area is 232 Å². The third kappa shape index (κ3) is 4.74. The van der Waals surface area contributed by atoms with Gasteiger partial charge in [0.25, 0.3) is 11.7 Å². The second-order valence-electron chi connectivity index (χ2n) is 10.1. The number of hydrogen-bond acceptors (Lipinski definition) is 5. The topological polar surface area (TPSA) is 76.1 Å². The summed E-state index contributed by atoms with van der Waals surface area (Å²) in [6, 6.07) is 14.9. The van der Waals surface area contributed by atoms with E-state index in [0.29, 0.717) is 21.8 Å². The highest BCUT2D eigenvalue weighted by Gasteiger charge is 2.47. The van der Waals surface area contributed by atoms with Crippen molar-refractivity contribution in [1.82, 2.24) is 0 Å². The zero-order valence-electron chi connectivity index (χ0n) is 22.1. The van der Waals surface area contributed by atoms with Crippen molar-refractivity contribution in [3.8, 4) is 11.5 Å². The van der Waals surface area contributed by atoms with Crippen LogP contribution in [0.4, 0.5) is 5.69 Å². The summed E-state index contributed by atoms with van der Waals surface area (Å²) in [4.78, 5) is 28.5. The maximum atomic E-state index is 13.6. The van der Waals surface area contributed by atoms with E-state index in [4.69, 9.17) is 32.7 Å². The number of aliphatic hydroxyl groups excluding tert-OH is 1. The molecule has 8 heteroatoms. The molecule has 0 bridgehead atoms. The van der Waals surface area contributed by atoms with E-state index in [-0.39, 0.29) is 33.1 Å². The molecule has 3 aromatic rings. The van der Waals surface area contributed by atoms with Crippen LogP contribution in [0.5, 0.6) is 11.5 Å². The SMILES string of the molecule is COc1cc(/C(O)=C2\C(=O)C(=O)N(c3cccc(Cl)c3C)C2c2ccc(C(C)(C)C)cc2)c(OC)cc1Cl. The van der Waals surface area contributed by atoms with Crippen molar-refractivity contribution in [3.63, 3.8) is 0 Å². The highest BCUT2D eigenvalue weighted by Crippen LogP contribution is 2.46. The van der Waals surface area contributed by atoms with Gasteiger partial charge >= 0.3 is 0 Å². The molecule has 1 fully saturated rings. The summed E-state index contributed by atoms with van der Waals surface area (Å²) in [6.45, 7) is 8.08. The minimum Gasteiger partial charge on any atom is -0.507 e. The van der Waals surface area contributed by atoms with E-state index in [0.717, 1.165) is 5.56 Å². The molecule has 1 amide bonds. The zero-order chi connectivity index (χ0) is 27.9. The first kappa shape index (κ1) is 27.6. The summed E-state index contributed by atoms with van der Waals surface area (Å²) < 4.78 is 10.8. The quantitative estimate of drug-likeness (QED) is 0.204. The van der Waals surface area contributed by atoms with Crippen LogP contribution in [0, 0.1) is 6.92 Å². The number of carbonyl (C=O) groups excluding carboxylic acids is 2. The van der Waals surface area contributed by atoms with E-state index in [1.54, 1.807) is 25.1 Å². The number of hydrogen-bond donors (Lipinski definition) is 1. The molecule has 38 heavy (non-hydrogen) atoms. The van der Waals surface area contributed by atoms with E-state index >= 15 is 0 Å². The van der Waals surface area contributed by atoms with Crippen molar-refractivity contribution >= 4 is 46.3 Å². The van der Waals surface area contributed by atoms with Crippen LogP contribution in [0.2, 0.25) is 10.0 Å². The van der Waals surface area contributed by atoms with E-state index in [1.165, 1.54) is 31.3 Å². The normalized spacial score (nSPS) is 17.2. The van der Waals surface area contributed by atoms with Gasteiger partial charge in [0.15, 0.2) is 0 Å². The molecule has 198 valence electrons. The van der Waals surface area contributed by atoms with Gasteiger partial charge in [0, 0.05) is 16.8 Å². The van der Waals surface area contributed by atoms with Crippen LogP contribution in [0.15, 0.2) is 60.2 Å². The van der Waals surface area contributed by atoms with Crippen molar-refractivity contribution in [3.05, 3.63) is 92.5 Å². The molecule has 0 radical (unpaired) electrons. The molecule has 1 aliphatic rings. The number of Topliss-reactive ketones (excluding diaryl/α,β-unsaturated/α-hetero) is 1. The molecule has 1 atom stereocenters. The molecule has 0 aromatic heterocycles. The van der Waals surface area contributed by atoms with Gasteiger partial charge in [0.1, 0.15) is 17.3 Å². The van der Waals surface area contributed by atoms with Crippen LogP contribution in [0.25, 0.3) is 5.76 Å². The number of ketones is 1. The number of rotatable bonds is 5. The maximum Gasteiger partial charge on any atom is 0.300 e. The molecule has 1 N–H and O–H groups in total. The van der Waals surface area contributed by atoms with E-state index < -0.39 is 23.5 Å². The third-order valence-corrected chi connectivity index (χ3v) is 7.47. The fourth-order valence-electron chi connectivity index (χ4n) is 4.61. The lowest BCUT2D eigenvalue weighted by Crippen LogP contribution is -2.30. The van der Waals surface area contributed by atoms with Gasteiger partial charge in [0.05, 0.1) is 36.4 Å². The average Bonchev–Trinajstić information content (AvgIpc) is 3.14. The standard InChI is InChI=1S/C30H29Cl2NO5/c1-16-20(31)8-7-9-22(16)33-26(17-10-12-18(13-11-17)30(2,3)4)25(28(35)29(33)36)27(34)19-14-24(38-6)21(32)15-23(19)37-5/h7-15,26,34H,1-6H3/b27-25+. The Morgan fingerprint density at radius 3 is 2.13 bits per heavy atom. The monoisotopic (exact) mass is 553 g/mol. The fourth-order valence-corrected chi connectivity index (χ4v) is 5.01. The Morgan fingerprint density at radius 1 is 0.921 bits per heavy atom. The number of benzene rings is 3. The summed E-state index contributed by atoms with van der Waals surface area (Å²) >= 11 is 12.7. The molecule has 0 spiro atoms. The van der Waals surface area contributed by atoms with Crippen LogP contribution in [0.3, 0.4) is 0 Å². The van der Waals surface area contributed by atoms with Crippen LogP contribution >= 0.6 is 23.2 Å². The minimum atomic E-state index is -0.924. The highest BCUT2D eigenvalue weighted by atomic mass is 35.5. The number of methoxy groups -OCH3 is 2. The summed E-state index contributed by atoms with van der Waals surface area (Å²) in [5.41, 5.74) is 2.84. The number of carbonyl (C=O) groups is 2. The lowest BCUT2D eigenvalue weighted by Gasteiger charge is -2.28. The Kier molecular flexibility index (Phi) is 7.51. The predicted molar refractivity (Wildman–Crippen MR) is 151 cm³/mol. The molecule has 0 aliphatic carbocycles. The molecule has 3 aromatic carbocycles. The molecular formula is C30H29Cl2NO5. The molecule has 6 nitrogen and oxygen atoms in total. The number of ether oxygens (including phenoxy) is 2. The van der Waals surface area contributed by atoms with Gasteiger partial charge in [-0.25, -0.2) is 0 Å². The Balaban J connectivity index is 2.02. The fraction of sp³-hybridized carbons (Fsp3) is 0.267. The van der Waals surface area contributed by atoms with Crippen LogP contribution < -0.4 is 14.4 Å². The Morgan fingerprint density at radius 2 is 1.55 bits per heavy atom. The second-order valence-corrected chi connectivity index (χ2v) is 10.9. The van der Waals surface area contributed by atoms with Gasteiger partial charge in [0.2, 0.25) is 0 Å². The van der Waals surface area contributed by atoms with E-state index in [1.807, 2.05) is 24.3 Å². The second kappa shape index (κ2) is 10.4. The van der Waals surface area contributed by atoms with Crippen LogP contribution in [-0.2, 0) is 15.0 Å². The molecule has 1 saturated heterocycles. The van der Waals surface area contributed by atoms with Gasteiger partial charge in [-0.3, -0.25) is 14.5 Å².